The number of benzene rings is 2. The molecule has 0 saturated heterocycles. The van der Waals surface area contributed by atoms with E-state index < -0.39 is 0 Å². The van der Waals surface area contributed by atoms with Gasteiger partial charge in [0.1, 0.15) is 0 Å². The van der Waals surface area contributed by atoms with Gasteiger partial charge in [-0.15, -0.1) is 0 Å². The van der Waals surface area contributed by atoms with Crippen molar-refractivity contribution in [2.45, 2.75) is 285 Å². The number of aromatic nitrogens is 2. The molecule has 6 nitrogen and oxygen atoms in total. The minimum absolute atomic E-state index is 0.712. The molecule has 0 bridgehead atoms. The van der Waals surface area contributed by atoms with Crippen molar-refractivity contribution >= 4 is 24.3 Å². The molecule has 3 rings (SSSR count). The third-order valence-electron chi connectivity index (χ3n) is 14.6. The fourth-order valence-electron chi connectivity index (χ4n) is 9.70. The molecule has 0 saturated carbocycles. The quantitative estimate of drug-likeness (QED) is 0.0525. The van der Waals surface area contributed by atoms with Crippen molar-refractivity contribution in [3.8, 4) is 23.0 Å². The average molecular weight is 1020 g/mol. The second-order valence-electron chi connectivity index (χ2n) is 21.6. The van der Waals surface area contributed by atoms with E-state index in [0.717, 1.165) is 84.4 Å². The normalized spacial score (nSPS) is 11.6. The Morgan fingerprint density at radius 3 is 0.730 bits per heavy atom. The Kier molecular flexibility index (Phi) is 41.5. The summed E-state index contributed by atoms with van der Waals surface area (Å²) in [5.74, 6) is 3.37. The maximum absolute atomic E-state index is 6.44. The van der Waals surface area contributed by atoms with E-state index in [9.17, 15) is 0 Å². The zero-order valence-electron chi connectivity index (χ0n) is 48.6. The molecule has 0 amide bonds. The molecule has 0 aliphatic rings. The number of rotatable bonds is 52. The van der Waals surface area contributed by atoms with Crippen LogP contribution in [0.5, 0.6) is 23.0 Å². The van der Waals surface area contributed by atoms with Gasteiger partial charge >= 0.3 is 0 Å². The second-order valence-corrected chi connectivity index (χ2v) is 21.6. The highest BCUT2D eigenvalue weighted by molar-refractivity contribution is 5.71. The lowest BCUT2D eigenvalue weighted by Crippen LogP contribution is -2.03. The monoisotopic (exact) mass is 1020 g/mol. The van der Waals surface area contributed by atoms with Gasteiger partial charge < -0.3 is 18.9 Å². The molecule has 0 aliphatic heterocycles. The Bertz CT molecular complexity index is 1640. The molecule has 2 aromatic carbocycles. The lowest BCUT2D eigenvalue weighted by Gasteiger charge is -2.14. The van der Waals surface area contributed by atoms with Crippen molar-refractivity contribution in [3.63, 3.8) is 0 Å². The highest BCUT2D eigenvalue weighted by Gasteiger charge is 2.10. The molecule has 74 heavy (non-hydrogen) atoms. The summed E-state index contributed by atoms with van der Waals surface area (Å²) in [6, 6.07) is 16.7. The smallest absolute Gasteiger partial charge is 0.161 e. The van der Waals surface area contributed by atoms with Crippen molar-refractivity contribution < 1.29 is 18.9 Å². The standard InChI is InChI=1S/C68H112N2O4/c1-5-9-13-17-21-25-29-33-37-41-55-71-65-53-47-61(59-67(65)73-57-43-39-35-31-27-23-19-15-11-7-3)45-49-63-51-52-64(70-69-63)50-46-62-48-54-66(72-56-42-38-34-30-26-22-18-14-10-6-2)68(60-62)74-58-44-40-36-32-28-24-20-16-12-8-4/h45-54,59-60H,5-44,55-58H2,1-4H3/b49-45+,50-46+. The van der Waals surface area contributed by atoms with Crippen molar-refractivity contribution in [3.05, 3.63) is 71.0 Å². The summed E-state index contributed by atoms with van der Waals surface area (Å²) in [7, 11) is 0. The van der Waals surface area contributed by atoms with E-state index in [4.69, 9.17) is 18.9 Å². The first-order valence-corrected chi connectivity index (χ1v) is 31.7. The Balaban J connectivity index is 1.55. The average Bonchev–Trinajstić information content (AvgIpc) is 3.42. The molecule has 0 fully saturated rings. The van der Waals surface area contributed by atoms with Gasteiger partial charge in [0.25, 0.3) is 0 Å². The summed E-state index contributed by atoms with van der Waals surface area (Å²) in [4.78, 5) is 0. The molecule has 0 unspecified atom stereocenters. The Morgan fingerprint density at radius 1 is 0.257 bits per heavy atom. The number of hydrogen-bond donors (Lipinski definition) is 0. The topological polar surface area (TPSA) is 62.7 Å². The van der Waals surface area contributed by atoms with Gasteiger partial charge in [-0.05, 0) is 85.4 Å². The van der Waals surface area contributed by atoms with Crippen LogP contribution in [-0.4, -0.2) is 36.6 Å². The molecule has 418 valence electrons. The Morgan fingerprint density at radius 2 is 0.486 bits per heavy atom. The summed E-state index contributed by atoms with van der Waals surface area (Å²) in [5.41, 5.74) is 3.73. The highest BCUT2D eigenvalue weighted by Crippen LogP contribution is 2.32. The molecule has 6 heteroatoms. The molecular weight excluding hydrogens is 909 g/mol. The van der Waals surface area contributed by atoms with Crippen LogP contribution >= 0.6 is 0 Å². The number of hydrogen-bond acceptors (Lipinski definition) is 6. The Hall–Kier alpha value is -3.80. The number of nitrogens with zero attached hydrogens (tertiary/aromatic N) is 2. The van der Waals surface area contributed by atoms with Gasteiger partial charge in [0.15, 0.2) is 23.0 Å². The van der Waals surface area contributed by atoms with Crippen LogP contribution in [0.15, 0.2) is 48.5 Å². The van der Waals surface area contributed by atoms with E-state index in [-0.39, 0.29) is 0 Å². The highest BCUT2D eigenvalue weighted by atomic mass is 16.5. The first-order valence-electron chi connectivity index (χ1n) is 31.7. The summed E-state index contributed by atoms with van der Waals surface area (Å²) in [6.45, 7) is 12.0. The van der Waals surface area contributed by atoms with Crippen LogP contribution in [0.25, 0.3) is 24.3 Å². The zero-order valence-corrected chi connectivity index (χ0v) is 48.6. The summed E-state index contributed by atoms with van der Waals surface area (Å²) in [5, 5.41) is 9.13. The molecular formula is C68H112N2O4. The van der Waals surface area contributed by atoms with Gasteiger partial charge in [-0.2, -0.15) is 10.2 Å². The molecule has 0 aliphatic carbocycles. The van der Waals surface area contributed by atoms with E-state index >= 15 is 0 Å². The van der Waals surface area contributed by atoms with Crippen LogP contribution in [0.2, 0.25) is 0 Å². The largest absolute Gasteiger partial charge is 0.490 e. The first kappa shape index (κ1) is 64.5. The van der Waals surface area contributed by atoms with Gasteiger partial charge in [0.2, 0.25) is 0 Å². The third-order valence-corrected chi connectivity index (χ3v) is 14.6. The molecule has 1 aromatic heterocycles. The fraction of sp³-hybridized carbons (Fsp3) is 0.706. The van der Waals surface area contributed by atoms with E-state index in [1.54, 1.807) is 0 Å². The van der Waals surface area contributed by atoms with Crippen LogP contribution < -0.4 is 18.9 Å². The van der Waals surface area contributed by atoms with E-state index in [2.05, 4.69) is 86.4 Å². The van der Waals surface area contributed by atoms with Crippen molar-refractivity contribution in [2.24, 2.45) is 0 Å². The molecule has 0 radical (unpaired) electrons. The van der Waals surface area contributed by atoms with E-state index in [1.807, 2.05) is 24.3 Å². The molecule has 0 atom stereocenters. The minimum atomic E-state index is 0.712. The third kappa shape index (κ3) is 34.7. The lowest BCUT2D eigenvalue weighted by atomic mass is 10.1. The number of ether oxygens (including phenoxy) is 4. The SMILES string of the molecule is CCCCCCCCCCCCOc1ccc(/C=C/c2ccc(/C=C/c3ccc(OCCCCCCCCCCCC)c(OCCCCCCCCCCCC)c3)nn2)cc1OCCCCCCCCCCCC. The second kappa shape index (κ2) is 47.6. The molecule has 3 aromatic rings. The number of unbranched alkanes of at least 4 members (excludes halogenated alkanes) is 36. The van der Waals surface area contributed by atoms with Crippen LogP contribution in [0, 0.1) is 0 Å². The van der Waals surface area contributed by atoms with Gasteiger partial charge in [-0.25, -0.2) is 0 Å². The van der Waals surface area contributed by atoms with E-state index in [1.165, 1.54) is 231 Å². The van der Waals surface area contributed by atoms with E-state index in [0.29, 0.717) is 13.2 Å². The summed E-state index contributed by atoms with van der Waals surface area (Å²) < 4.78 is 25.6. The Labute approximate surface area is 456 Å². The zero-order chi connectivity index (χ0) is 52.5. The van der Waals surface area contributed by atoms with Crippen LogP contribution in [0.1, 0.15) is 307 Å². The summed E-state index contributed by atoms with van der Waals surface area (Å²) >= 11 is 0. The van der Waals surface area contributed by atoms with Gasteiger partial charge in [-0.3, -0.25) is 0 Å². The van der Waals surface area contributed by atoms with Crippen molar-refractivity contribution in [2.75, 3.05) is 26.4 Å². The predicted octanol–water partition coefficient (Wildman–Crippen LogP) is 22.0. The maximum atomic E-state index is 6.44. The maximum Gasteiger partial charge on any atom is 0.161 e. The van der Waals surface area contributed by atoms with Crippen molar-refractivity contribution in [1.82, 2.24) is 10.2 Å². The van der Waals surface area contributed by atoms with Crippen LogP contribution in [0.3, 0.4) is 0 Å². The van der Waals surface area contributed by atoms with Gasteiger partial charge in [0, 0.05) is 0 Å². The summed E-state index contributed by atoms with van der Waals surface area (Å²) in [6.07, 6.45) is 60.8. The molecule has 0 N–H and O–H groups in total. The fourth-order valence-corrected chi connectivity index (χ4v) is 9.70. The minimum Gasteiger partial charge on any atom is -0.490 e. The van der Waals surface area contributed by atoms with Gasteiger partial charge in [-0.1, -0.05) is 283 Å². The van der Waals surface area contributed by atoms with Gasteiger partial charge in [0.05, 0.1) is 37.8 Å². The molecule has 0 spiro atoms. The molecule has 1 heterocycles. The van der Waals surface area contributed by atoms with Crippen molar-refractivity contribution in [1.29, 1.82) is 0 Å². The van der Waals surface area contributed by atoms with Crippen LogP contribution in [-0.2, 0) is 0 Å². The lowest BCUT2D eigenvalue weighted by molar-refractivity contribution is 0.258. The van der Waals surface area contributed by atoms with Crippen LogP contribution in [0.4, 0.5) is 0 Å². The predicted molar refractivity (Wildman–Crippen MR) is 322 cm³/mol. The first-order chi connectivity index (χ1) is 36.7.